The van der Waals surface area contributed by atoms with E-state index in [9.17, 15) is 9.18 Å². The average molecular weight is 402 g/mol. The molecule has 1 fully saturated rings. The third-order valence-electron chi connectivity index (χ3n) is 4.53. The summed E-state index contributed by atoms with van der Waals surface area (Å²) in [4.78, 5) is 17.0. The van der Waals surface area contributed by atoms with Gasteiger partial charge in [-0.05, 0) is 35.9 Å². The van der Waals surface area contributed by atoms with E-state index in [-0.39, 0.29) is 11.8 Å². The number of anilines is 1. The molecule has 1 N–H and O–H groups in total. The largest absolute Gasteiger partial charge is 0.494 e. The van der Waals surface area contributed by atoms with Gasteiger partial charge in [-0.2, -0.15) is 0 Å². The molecule has 1 aromatic heterocycles. The van der Waals surface area contributed by atoms with Gasteiger partial charge in [-0.15, -0.1) is 0 Å². The molecule has 0 spiro atoms. The molecule has 6 nitrogen and oxygen atoms in total. The number of nitrogens with one attached hydrogen (secondary N) is 1. The van der Waals surface area contributed by atoms with Crippen LogP contribution in [0.4, 0.5) is 9.52 Å². The minimum absolute atomic E-state index is 0.0806. The molecule has 0 atom stereocenters. The van der Waals surface area contributed by atoms with Crippen LogP contribution in [0.2, 0.25) is 0 Å². The monoisotopic (exact) mass is 402 g/mol. The Morgan fingerprint density at radius 1 is 1.18 bits per heavy atom. The number of amides is 1. The maximum absolute atomic E-state index is 13.1. The first-order valence-corrected chi connectivity index (χ1v) is 9.67. The van der Waals surface area contributed by atoms with Crippen LogP contribution < -0.4 is 10.1 Å². The van der Waals surface area contributed by atoms with Gasteiger partial charge in [0.15, 0.2) is 5.13 Å². The molecule has 3 aromatic rings. The van der Waals surface area contributed by atoms with E-state index in [1.807, 2.05) is 12.1 Å². The fraction of sp³-hybridized carbons (Fsp3) is 0.300. The number of fused-ring (bicyclic) bond motifs is 1. The predicted octanol–water partition coefficient (Wildman–Crippen LogP) is 3.83. The van der Waals surface area contributed by atoms with E-state index in [4.69, 9.17) is 14.2 Å². The zero-order valence-corrected chi connectivity index (χ0v) is 16.1. The molecule has 1 aliphatic rings. The Bertz CT molecular complexity index is 982. The Labute approximate surface area is 165 Å². The quantitative estimate of drug-likeness (QED) is 0.718. The van der Waals surface area contributed by atoms with Crippen LogP contribution in [0.25, 0.3) is 10.2 Å². The van der Waals surface area contributed by atoms with Crippen molar-refractivity contribution in [3.63, 3.8) is 0 Å². The van der Waals surface area contributed by atoms with Gasteiger partial charge >= 0.3 is 0 Å². The summed E-state index contributed by atoms with van der Waals surface area (Å²) in [5.74, 6) is -0.0239. The van der Waals surface area contributed by atoms with E-state index < -0.39 is 5.82 Å². The van der Waals surface area contributed by atoms with Gasteiger partial charge in [0, 0.05) is 11.5 Å². The van der Waals surface area contributed by atoms with Crippen molar-refractivity contribution < 1.29 is 23.4 Å². The number of carbonyl (C=O) groups is 1. The lowest BCUT2D eigenvalue weighted by Gasteiger charge is -2.15. The lowest BCUT2D eigenvalue weighted by molar-refractivity contribution is 0.102. The van der Waals surface area contributed by atoms with Crippen molar-refractivity contribution in [3.8, 4) is 5.75 Å². The fourth-order valence-electron chi connectivity index (χ4n) is 3.11. The Kier molecular flexibility index (Phi) is 5.52. The number of benzene rings is 2. The second-order valence-corrected chi connectivity index (χ2v) is 7.36. The van der Waals surface area contributed by atoms with Gasteiger partial charge in [0.1, 0.15) is 17.1 Å². The molecule has 0 bridgehead atoms. The van der Waals surface area contributed by atoms with Crippen molar-refractivity contribution in [2.24, 2.45) is 0 Å². The summed E-state index contributed by atoms with van der Waals surface area (Å²) in [5.41, 5.74) is 2.10. The molecule has 4 rings (SSSR count). The van der Waals surface area contributed by atoms with E-state index in [2.05, 4.69) is 10.3 Å². The highest BCUT2D eigenvalue weighted by molar-refractivity contribution is 7.22. The molecule has 1 saturated heterocycles. The van der Waals surface area contributed by atoms with Crippen molar-refractivity contribution in [1.82, 2.24) is 4.98 Å². The van der Waals surface area contributed by atoms with E-state index in [0.29, 0.717) is 48.4 Å². The number of hydrogen-bond donors (Lipinski definition) is 1. The molecule has 8 heteroatoms. The summed E-state index contributed by atoms with van der Waals surface area (Å²) < 4.78 is 30.7. The minimum Gasteiger partial charge on any atom is -0.494 e. The van der Waals surface area contributed by atoms with Crippen LogP contribution in [0, 0.1) is 5.82 Å². The second kappa shape index (κ2) is 8.22. The fourth-order valence-corrected chi connectivity index (χ4v) is 4.18. The molecule has 0 radical (unpaired) electrons. The van der Waals surface area contributed by atoms with Crippen LogP contribution in [0.5, 0.6) is 5.75 Å². The van der Waals surface area contributed by atoms with Gasteiger partial charge in [0.2, 0.25) is 0 Å². The van der Waals surface area contributed by atoms with Crippen LogP contribution in [0.15, 0.2) is 36.4 Å². The molecule has 0 unspecified atom stereocenters. The molecule has 1 amide bonds. The third-order valence-corrected chi connectivity index (χ3v) is 5.55. The summed E-state index contributed by atoms with van der Waals surface area (Å²) in [6.07, 6.45) is 0. The SMILES string of the molecule is COc1ccc(C2COCCOC2)c2sc(NC(=O)c3ccc(F)cc3)nc12. The van der Waals surface area contributed by atoms with E-state index in [1.54, 1.807) is 7.11 Å². The van der Waals surface area contributed by atoms with Crippen molar-refractivity contribution >= 4 is 32.6 Å². The summed E-state index contributed by atoms with van der Waals surface area (Å²) in [6, 6.07) is 9.23. The van der Waals surface area contributed by atoms with Crippen molar-refractivity contribution in [1.29, 1.82) is 0 Å². The molecule has 146 valence electrons. The van der Waals surface area contributed by atoms with Gasteiger partial charge in [-0.3, -0.25) is 10.1 Å². The molecule has 0 aliphatic carbocycles. The zero-order valence-electron chi connectivity index (χ0n) is 15.2. The highest BCUT2D eigenvalue weighted by Gasteiger charge is 2.22. The molecule has 28 heavy (non-hydrogen) atoms. The van der Waals surface area contributed by atoms with Crippen LogP contribution >= 0.6 is 11.3 Å². The highest BCUT2D eigenvalue weighted by atomic mass is 32.1. The van der Waals surface area contributed by atoms with Crippen molar-refractivity contribution in [2.75, 3.05) is 38.9 Å². The Balaban J connectivity index is 1.67. The van der Waals surface area contributed by atoms with E-state index in [0.717, 1.165) is 10.3 Å². The third kappa shape index (κ3) is 3.84. The van der Waals surface area contributed by atoms with Crippen LogP contribution in [-0.2, 0) is 9.47 Å². The summed E-state index contributed by atoms with van der Waals surface area (Å²) in [7, 11) is 1.59. The number of carbonyl (C=O) groups excluding carboxylic acids is 1. The summed E-state index contributed by atoms with van der Waals surface area (Å²) in [6.45, 7) is 2.29. The predicted molar refractivity (Wildman–Crippen MR) is 105 cm³/mol. The molecule has 2 heterocycles. The van der Waals surface area contributed by atoms with E-state index >= 15 is 0 Å². The number of thiazole rings is 1. The molecular weight excluding hydrogens is 383 g/mol. The Morgan fingerprint density at radius 3 is 2.57 bits per heavy atom. The molecule has 1 aliphatic heterocycles. The number of nitrogens with zero attached hydrogens (tertiary/aromatic N) is 1. The first-order chi connectivity index (χ1) is 13.7. The van der Waals surface area contributed by atoms with E-state index in [1.165, 1.54) is 35.6 Å². The molecule has 0 saturated carbocycles. The van der Waals surface area contributed by atoms with Gasteiger partial charge in [0.25, 0.3) is 5.91 Å². The molecular formula is C20H19FN2O4S. The smallest absolute Gasteiger partial charge is 0.257 e. The second-order valence-electron chi connectivity index (χ2n) is 6.36. The Morgan fingerprint density at radius 2 is 1.89 bits per heavy atom. The van der Waals surface area contributed by atoms with Crippen molar-refractivity contribution in [2.45, 2.75) is 5.92 Å². The maximum atomic E-state index is 13.1. The van der Waals surface area contributed by atoms with Crippen LogP contribution in [-0.4, -0.2) is 44.4 Å². The summed E-state index contributed by atoms with van der Waals surface area (Å²) in [5, 5.41) is 3.24. The average Bonchev–Trinajstić information content (AvgIpc) is 2.94. The number of aromatic nitrogens is 1. The number of hydrogen-bond acceptors (Lipinski definition) is 6. The topological polar surface area (TPSA) is 69.7 Å². The maximum Gasteiger partial charge on any atom is 0.257 e. The van der Waals surface area contributed by atoms with Gasteiger partial charge < -0.3 is 14.2 Å². The standard InChI is InChI=1S/C20H19FN2O4S/c1-25-16-7-6-15(13-10-26-8-9-27-11-13)18-17(16)22-20(28-18)23-19(24)12-2-4-14(21)5-3-12/h2-7,13H,8-11H2,1H3,(H,22,23,24). The van der Waals surface area contributed by atoms with Gasteiger partial charge in [-0.1, -0.05) is 17.4 Å². The normalized spacial score (nSPS) is 15.4. The minimum atomic E-state index is -0.390. The zero-order chi connectivity index (χ0) is 19.5. The van der Waals surface area contributed by atoms with Crippen molar-refractivity contribution in [3.05, 3.63) is 53.3 Å². The lowest BCUT2D eigenvalue weighted by atomic mass is 10.0. The highest BCUT2D eigenvalue weighted by Crippen LogP contribution is 2.38. The number of ether oxygens (including phenoxy) is 3. The first-order valence-electron chi connectivity index (χ1n) is 8.85. The number of methoxy groups -OCH3 is 1. The Hall–Kier alpha value is -2.55. The lowest BCUT2D eigenvalue weighted by Crippen LogP contribution is -2.11. The van der Waals surface area contributed by atoms with Crippen LogP contribution in [0.3, 0.4) is 0 Å². The van der Waals surface area contributed by atoms with Crippen LogP contribution in [0.1, 0.15) is 21.8 Å². The number of halogens is 1. The summed E-state index contributed by atoms with van der Waals surface area (Å²) >= 11 is 1.37. The molecule has 2 aromatic carbocycles. The number of rotatable bonds is 4. The first kappa shape index (κ1) is 18.8. The van der Waals surface area contributed by atoms with Gasteiger partial charge in [-0.25, -0.2) is 9.37 Å². The van der Waals surface area contributed by atoms with Gasteiger partial charge in [0.05, 0.1) is 38.2 Å².